The fourth-order valence-electron chi connectivity index (χ4n) is 4.02. The summed E-state index contributed by atoms with van der Waals surface area (Å²) in [5, 5.41) is 12.3. The molecule has 1 heterocycles. The van der Waals surface area contributed by atoms with E-state index in [0.717, 1.165) is 16.7 Å². The van der Waals surface area contributed by atoms with Crippen molar-refractivity contribution in [1.82, 2.24) is 15.3 Å². The molecule has 4 rings (SSSR count). The molecule has 0 fully saturated rings. The molecule has 4 aromatic rings. The van der Waals surface area contributed by atoms with Gasteiger partial charge in [0.1, 0.15) is 17.2 Å². The van der Waals surface area contributed by atoms with E-state index in [2.05, 4.69) is 26.2 Å². The molecule has 3 aromatic carbocycles. The van der Waals surface area contributed by atoms with Gasteiger partial charge >= 0.3 is 6.09 Å². The van der Waals surface area contributed by atoms with E-state index in [4.69, 9.17) is 16.0 Å². The number of alkyl carbamates (subject to hydrolysis) is 1. The van der Waals surface area contributed by atoms with E-state index in [1.165, 1.54) is 0 Å². The molecule has 1 N–H and O–H groups in total. The Hall–Kier alpha value is -5.21. The lowest BCUT2D eigenvalue weighted by Gasteiger charge is -2.19. The molecule has 40 heavy (non-hydrogen) atoms. The summed E-state index contributed by atoms with van der Waals surface area (Å²) in [6.07, 6.45) is 0.206. The van der Waals surface area contributed by atoms with E-state index in [1.807, 2.05) is 63.2 Å². The quantitative estimate of drug-likeness (QED) is 0.249. The highest BCUT2D eigenvalue weighted by molar-refractivity contribution is 5.75. The first-order valence-corrected chi connectivity index (χ1v) is 12.8. The summed E-state index contributed by atoms with van der Waals surface area (Å²) in [7, 11) is 0. The van der Waals surface area contributed by atoms with Crippen molar-refractivity contribution in [3.8, 4) is 40.1 Å². The van der Waals surface area contributed by atoms with Crippen molar-refractivity contribution in [2.24, 2.45) is 0 Å². The number of rotatable bonds is 7. The maximum Gasteiger partial charge on any atom is 0.407 e. The van der Waals surface area contributed by atoms with Crippen LogP contribution in [0.4, 0.5) is 10.5 Å². The van der Waals surface area contributed by atoms with Crippen molar-refractivity contribution < 1.29 is 14.3 Å². The van der Waals surface area contributed by atoms with Crippen LogP contribution in [0.15, 0.2) is 72.8 Å². The van der Waals surface area contributed by atoms with Gasteiger partial charge in [-0.15, -0.1) is 0 Å². The average Bonchev–Trinajstić information content (AvgIpc) is 2.92. The minimum Gasteiger partial charge on any atom is -0.444 e. The van der Waals surface area contributed by atoms with E-state index in [9.17, 15) is 10.1 Å². The second-order valence-electron chi connectivity index (χ2n) is 10.1. The molecule has 0 unspecified atom stereocenters. The Bertz CT molecular complexity index is 1610. The van der Waals surface area contributed by atoms with Crippen LogP contribution in [-0.4, -0.2) is 28.2 Å². The molecule has 200 valence electrons. The van der Waals surface area contributed by atoms with Crippen molar-refractivity contribution in [3.05, 3.63) is 101 Å². The summed E-state index contributed by atoms with van der Waals surface area (Å²) in [6.45, 7) is 15.2. The number of nitrogens with zero attached hydrogens (tertiary/aromatic N) is 4. The summed E-state index contributed by atoms with van der Waals surface area (Å²) >= 11 is 0. The van der Waals surface area contributed by atoms with Gasteiger partial charge in [-0.25, -0.2) is 14.6 Å². The number of amides is 1. The molecule has 0 aliphatic rings. The van der Waals surface area contributed by atoms with Gasteiger partial charge in [-0.3, -0.25) is 0 Å². The normalized spacial score (nSPS) is 10.8. The van der Waals surface area contributed by atoms with Gasteiger partial charge in [0.25, 0.3) is 0 Å². The van der Waals surface area contributed by atoms with E-state index in [0.29, 0.717) is 52.9 Å². The number of hydrogen-bond donors (Lipinski definition) is 1. The lowest BCUT2D eigenvalue weighted by molar-refractivity contribution is 0.0528. The predicted octanol–water partition coefficient (Wildman–Crippen LogP) is 7.40. The predicted molar refractivity (Wildman–Crippen MR) is 153 cm³/mol. The smallest absolute Gasteiger partial charge is 0.407 e. The molecule has 8 nitrogen and oxygen atoms in total. The molecule has 8 heteroatoms. The Morgan fingerprint density at radius 1 is 1.02 bits per heavy atom. The molecule has 0 aliphatic carbocycles. The number of benzene rings is 3. The Morgan fingerprint density at radius 3 is 2.48 bits per heavy atom. The van der Waals surface area contributed by atoms with Crippen molar-refractivity contribution in [2.75, 3.05) is 6.54 Å². The number of aromatic nitrogens is 2. The van der Waals surface area contributed by atoms with Crippen LogP contribution in [-0.2, 0) is 11.2 Å². The molecule has 0 saturated heterocycles. The number of carbonyl (C=O) groups excluding carboxylic acids is 1. The highest BCUT2D eigenvalue weighted by Gasteiger charge is 2.16. The van der Waals surface area contributed by atoms with E-state index < -0.39 is 11.7 Å². The number of ether oxygens (including phenoxy) is 2. The molecule has 0 atom stereocenters. The van der Waals surface area contributed by atoms with Gasteiger partial charge in [-0.1, -0.05) is 54.6 Å². The fourth-order valence-corrected chi connectivity index (χ4v) is 4.02. The maximum atomic E-state index is 11.9. The van der Waals surface area contributed by atoms with Crippen molar-refractivity contribution in [1.29, 1.82) is 5.26 Å². The van der Waals surface area contributed by atoms with Gasteiger partial charge in [0.15, 0.2) is 5.69 Å². The van der Waals surface area contributed by atoms with Gasteiger partial charge in [0, 0.05) is 23.7 Å². The summed E-state index contributed by atoms with van der Waals surface area (Å²) in [4.78, 5) is 24.4. The summed E-state index contributed by atoms with van der Waals surface area (Å²) in [6, 6.07) is 24.3. The number of nitrogens with one attached hydrogen (secondary N) is 1. The highest BCUT2D eigenvalue weighted by Crippen LogP contribution is 2.37. The van der Waals surface area contributed by atoms with Gasteiger partial charge in [-0.05, 0) is 57.4 Å². The Kier molecular flexibility index (Phi) is 8.42. The van der Waals surface area contributed by atoms with Crippen LogP contribution in [0.5, 0.6) is 11.6 Å². The monoisotopic (exact) mass is 531 g/mol. The van der Waals surface area contributed by atoms with Gasteiger partial charge < -0.3 is 14.8 Å². The third-order valence-corrected chi connectivity index (χ3v) is 5.79. The summed E-state index contributed by atoms with van der Waals surface area (Å²) < 4.78 is 11.5. The van der Waals surface area contributed by atoms with Crippen LogP contribution in [0.1, 0.15) is 37.7 Å². The van der Waals surface area contributed by atoms with Crippen LogP contribution in [0.25, 0.3) is 27.2 Å². The molecule has 0 saturated carbocycles. The van der Waals surface area contributed by atoms with Crippen LogP contribution < -0.4 is 10.1 Å². The van der Waals surface area contributed by atoms with E-state index in [-0.39, 0.29) is 0 Å². The van der Waals surface area contributed by atoms with Gasteiger partial charge in [0.05, 0.1) is 23.9 Å². The molecule has 0 radical (unpaired) electrons. The summed E-state index contributed by atoms with van der Waals surface area (Å²) in [5.74, 6) is 1.28. The zero-order chi connectivity index (χ0) is 28.7. The maximum absolute atomic E-state index is 11.9. The van der Waals surface area contributed by atoms with Crippen LogP contribution in [0, 0.1) is 24.8 Å². The first-order valence-electron chi connectivity index (χ1n) is 12.8. The van der Waals surface area contributed by atoms with Crippen molar-refractivity contribution >= 4 is 11.8 Å². The lowest BCUT2D eigenvalue weighted by atomic mass is 10.0. The van der Waals surface area contributed by atoms with Crippen LogP contribution in [0.2, 0.25) is 0 Å². The first-order chi connectivity index (χ1) is 19.1. The number of aryl methyl sites for hydroxylation is 1. The standard InChI is InChI=1S/C32H29N5O3/c1-21-36-28(26-9-7-6-8-24(26)20-33)19-30(37-21)39-29-18-25(34-5)14-15-27(29)23-12-10-22(11-13-23)16-17-35-31(38)40-32(2,3)4/h6-15,18-19H,16-17H2,1-4H3,(H,35,38). The Balaban J connectivity index is 1.56. The molecule has 0 aliphatic heterocycles. The third-order valence-electron chi connectivity index (χ3n) is 5.79. The van der Waals surface area contributed by atoms with E-state index in [1.54, 1.807) is 37.3 Å². The zero-order valence-electron chi connectivity index (χ0n) is 22.9. The van der Waals surface area contributed by atoms with E-state index >= 15 is 0 Å². The number of carbonyl (C=O) groups is 1. The summed E-state index contributed by atoms with van der Waals surface area (Å²) in [5.41, 5.74) is 4.40. The number of hydrogen-bond acceptors (Lipinski definition) is 6. The van der Waals surface area contributed by atoms with Crippen LogP contribution >= 0.6 is 0 Å². The Morgan fingerprint density at radius 2 is 1.77 bits per heavy atom. The van der Waals surface area contributed by atoms with Gasteiger partial charge in [-0.2, -0.15) is 10.2 Å². The molecular formula is C32H29N5O3. The molecular weight excluding hydrogens is 502 g/mol. The minimum absolute atomic E-state index is 0.309. The number of nitriles is 1. The second kappa shape index (κ2) is 12.1. The average molecular weight is 532 g/mol. The molecule has 0 spiro atoms. The van der Waals surface area contributed by atoms with Crippen LogP contribution in [0.3, 0.4) is 0 Å². The highest BCUT2D eigenvalue weighted by atomic mass is 16.6. The SMILES string of the molecule is [C-]#[N+]c1ccc(-c2ccc(CCNC(=O)OC(C)(C)C)cc2)c(Oc2cc(-c3ccccc3C#N)nc(C)n2)c1. The fraction of sp³-hybridized carbons (Fsp3) is 0.219. The van der Waals surface area contributed by atoms with Crippen molar-refractivity contribution in [2.45, 2.75) is 39.7 Å². The van der Waals surface area contributed by atoms with Crippen molar-refractivity contribution in [3.63, 3.8) is 0 Å². The van der Waals surface area contributed by atoms with Gasteiger partial charge in [0.2, 0.25) is 5.88 Å². The zero-order valence-corrected chi connectivity index (χ0v) is 22.9. The topological polar surface area (TPSA) is 101 Å². The molecule has 0 bridgehead atoms. The molecule has 1 aromatic heterocycles. The Labute approximate surface area is 234 Å². The second-order valence-corrected chi connectivity index (χ2v) is 10.1. The lowest BCUT2D eigenvalue weighted by Crippen LogP contribution is -2.33. The molecule has 1 amide bonds. The third kappa shape index (κ3) is 7.21. The largest absolute Gasteiger partial charge is 0.444 e. The first kappa shape index (κ1) is 27.8. The minimum atomic E-state index is -0.540.